The average molecular weight is 375 g/mol. The maximum atomic E-state index is 11.9. The van der Waals surface area contributed by atoms with Gasteiger partial charge in [-0.15, -0.1) is 10.2 Å². The van der Waals surface area contributed by atoms with Gasteiger partial charge in [0.15, 0.2) is 5.82 Å². The van der Waals surface area contributed by atoms with E-state index in [1.807, 2.05) is 0 Å². The molecule has 1 aliphatic heterocycles. The van der Waals surface area contributed by atoms with Crippen LogP contribution in [-0.2, 0) is 11.3 Å². The van der Waals surface area contributed by atoms with E-state index in [9.17, 15) is 4.79 Å². The zero-order valence-corrected chi connectivity index (χ0v) is 14.4. The van der Waals surface area contributed by atoms with Gasteiger partial charge in [-0.2, -0.15) is 0 Å². The summed E-state index contributed by atoms with van der Waals surface area (Å²) in [6, 6.07) is 4.94. The van der Waals surface area contributed by atoms with Crippen molar-refractivity contribution in [1.29, 1.82) is 0 Å². The van der Waals surface area contributed by atoms with Crippen LogP contribution in [0.25, 0.3) is 0 Å². The normalized spacial score (nSPS) is 13.6. The molecule has 1 aliphatic rings. The Morgan fingerprint density at radius 1 is 1.39 bits per heavy atom. The van der Waals surface area contributed by atoms with Crippen LogP contribution < -0.4 is 9.75 Å². The SMILES string of the molecule is COC(=O)N1CCSc2nnc(COc3cc(Cl)ccc3Cl)n21. The number of rotatable bonds is 3. The zero-order chi connectivity index (χ0) is 16.4. The number of halogens is 2. The van der Waals surface area contributed by atoms with Gasteiger partial charge in [0, 0.05) is 16.8 Å². The number of hydrogen-bond acceptors (Lipinski definition) is 6. The maximum absolute atomic E-state index is 11.9. The molecular weight excluding hydrogens is 363 g/mol. The molecule has 122 valence electrons. The van der Waals surface area contributed by atoms with Gasteiger partial charge < -0.3 is 9.47 Å². The number of fused-ring (bicyclic) bond motifs is 1. The van der Waals surface area contributed by atoms with Crippen molar-refractivity contribution in [3.05, 3.63) is 34.1 Å². The zero-order valence-electron chi connectivity index (χ0n) is 12.0. The van der Waals surface area contributed by atoms with Crippen molar-refractivity contribution in [3.8, 4) is 5.75 Å². The van der Waals surface area contributed by atoms with E-state index in [4.69, 9.17) is 32.7 Å². The van der Waals surface area contributed by atoms with Crippen molar-refractivity contribution in [1.82, 2.24) is 14.9 Å². The lowest BCUT2D eigenvalue weighted by Crippen LogP contribution is -2.45. The Balaban J connectivity index is 1.83. The summed E-state index contributed by atoms with van der Waals surface area (Å²) < 4.78 is 12.0. The summed E-state index contributed by atoms with van der Waals surface area (Å²) in [7, 11) is 1.33. The molecule has 1 amide bonds. The highest BCUT2D eigenvalue weighted by Crippen LogP contribution is 2.29. The molecular formula is C13H12Cl2N4O3S. The first-order valence-corrected chi connectivity index (χ1v) is 8.35. The van der Waals surface area contributed by atoms with E-state index in [0.29, 0.717) is 39.1 Å². The Hall–Kier alpha value is -1.64. The lowest BCUT2D eigenvalue weighted by molar-refractivity contribution is 0.169. The largest absolute Gasteiger partial charge is 0.484 e. The number of carbonyl (C=O) groups is 1. The van der Waals surface area contributed by atoms with Gasteiger partial charge in [0.2, 0.25) is 5.16 Å². The van der Waals surface area contributed by atoms with Crippen LogP contribution in [0.5, 0.6) is 5.75 Å². The number of benzene rings is 1. The molecule has 0 saturated carbocycles. The van der Waals surface area contributed by atoms with Crippen LogP contribution >= 0.6 is 35.0 Å². The van der Waals surface area contributed by atoms with Crippen LogP contribution in [0.15, 0.2) is 23.4 Å². The number of thioether (sulfide) groups is 1. The fraction of sp³-hybridized carbons (Fsp3) is 0.308. The molecule has 1 aromatic heterocycles. The van der Waals surface area contributed by atoms with Crippen LogP contribution in [0.2, 0.25) is 10.0 Å². The van der Waals surface area contributed by atoms with Gasteiger partial charge in [-0.25, -0.2) is 14.5 Å². The lowest BCUT2D eigenvalue weighted by Gasteiger charge is -2.27. The van der Waals surface area contributed by atoms with Crippen LogP contribution in [-0.4, -0.2) is 40.4 Å². The van der Waals surface area contributed by atoms with Crippen LogP contribution in [0.3, 0.4) is 0 Å². The van der Waals surface area contributed by atoms with Crippen LogP contribution in [0.4, 0.5) is 4.79 Å². The first-order chi connectivity index (χ1) is 11.1. The quantitative estimate of drug-likeness (QED) is 0.822. The minimum atomic E-state index is -0.478. The summed E-state index contributed by atoms with van der Waals surface area (Å²) >= 11 is 13.5. The molecule has 3 rings (SSSR count). The van der Waals surface area contributed by atoms with E-state index in [2.05, 4.69) is 10.2 Å². The second kappa shape index (κ2) is 6.86. The first-order valence-electron chi connectivity index (χ1n) is 6.61. The maximum Gasteiger partial charge on any atom is 0.428 e. The third-order valence-corrected chi connectivity index (χ3v) is 4.53. The molecule has 0 fully saturated rings. The molecule has 1 aromatic carbocycles. The van der Waals surface area contributed by atoms with E-state index in [-0.39, 0.29) is 6.61 Å². The summed E-state index contributed by atoms with van der Waals surface area (Å²) in [6.45, 7) is 0.578. The van der Waals surface area contributed by atoms with Crippen molar-refractivity contribution in [2.24, 2.45) is 0 Å². The summed E-state index contributed by atoms with van der Waals surface area (Å²) in [4.78, 5) is 11.9. The third kappa shape index (κ3) is 3.34. The molecule has 0 radical (unpaired) electrons. The van der Waals surface area contributed by atoms with Crippen molar-refractivity contribution in [2.45, 2.75) is 11.8 Å². The highest BCUT2D eigenvalue weighted by molar-refractivity contribution is 7.99. The van der Waals surface area contributed by atoms with E-state index in [1.165, 1.54) is 23.9 Å². The molecule has 0 unspecified atom stereocenters. The van der Waals surface area contributed by atoms with E-state index in [1.54, 1.807) is 22.9 Å². The van der Waals surface area contributed by atoms with Crippen LogP contribution in [0, 0.1) is 0 Å². The van der Waals surface area contributed by atoms with Crippen LogP contribution in [0.1, 0.15) is 5.82 Å². The summed E-state index contributed by atoms with van der Waals surface area (Å²) in [5.41, 5.74) is 0. The van der Waals surface area contributed by atoms with Gasteiger partial charge in [-0.05, 0) is 12.1 Å². The highest BCUT2D eigenvalue weighted by Gasteiger charge is 2.28. The minimum absolute atomic E-state index is 0.0844. The number of carbonyl (C=O) groups excluding carboxylic acids is 1. The van der Waals surface area contributed by atoms with Gasteiger partial charge in [-0.3, -0.25) is 0 Å². The van der Waals surface area contributed by atoms with Gasteiger partial charge in [0.25, 0.3) is 0 Å². The molecule has 7 nitrogen and oxygen atoms in total. The van der Waals surface area contributed by atoms with Crippen molar-refractivity contribution in [3.63, 3.8) is 0 Å². The number of methoxy groups -OCH3 is 1. The number of ether oxygens (including phenoxy) is 2. The van der Waals surface area contributed by atoms with E-state index >= 15 is 0 Å². The summed E-state index contributed by atoms with van der Waals surface area (Å²) in [5.74, 6) is 1.62. The molecule has 0 spiro atoms. The average Bonchev–Trinajstić information content (AvgIpc) is 2.98. The summed E-state index contributed by atoms with van der Waals surface area (Å²) in [6.07, 6.45) is -0.478. The second-order valence-corrected chi connectivity index (χ2v) is 6.42. The standard InChI is InChI=1S/C13H12Cl2N4O3S/c1-21-13(20)18-4-5-23-12-17-16-11(19(12)18)7-22-10-6-8(14)2-3-9(10)15/h2-3,6H,4-5,7H2,1H3. The summed E-state index contributed by atoms with van der Waals surface area (Å²) in [5, 5.41) is 11.1. The highest BCUT2D eigenvalue weighted by atomic mass is 35.5. The predicted octanol–water partition coefficient (Wildman–Crippen LogP) is 2.97. The van der Waals surface area contributed by atoms with E-state index in [0.717, 1.165) is 0 Å². The number of nitrogens with zero attached hydrogens (tertiary/aromatic N) is 4. The molecule has 2 aromatic rings. The number of aromatic nitrogens is 3. The van der Waals surface area contributed by atoms with Crippen molar-refractivity contribution in [2.75, 3.05) is 24.4 Å². The Morgan fingerprint density at radius 3 is 3.00 bits per heavy atom. The van der Waals surface area contributed by atoms with Gasteiger partial charge in [0.1, 0.15) is 12.4 Å². The minimum Gasteiger partial charge on any atom is -0.484 e. The molecule has 23 heavy (non-hydrogen) atoms. The van der Waals surface area contributed by atoms with Crippen molar-refractivity contribution >= 4 is 41.1 Å². The molecule has 0 atom stereocenters. The van der Waals surface area contributed by atoms with Crippen molar-refractivity contribution < 1.29 is 14.3 Å². The Kier molecular flexibility index (Phi) is 4.84. The van der Waals surface area contributed by atoms with Gasteiger partial charge in [0.05, 0.1) is 18.7 Å². The molecule has 0 bridgehead atoms. The lowest BCUT2D eigenvalue weighted by atomic mass is 10.3. The molecule has 10 heteroatoms. The Bertz CT molecular complexity index is 740. The Labute approximate surface area is 146 Å². The molecule has 0 aliphatic carbocycles. The van der Waals surface area contributed by atoms with Gasteiger partial charge >= 0.3 is 6.09 Å². The van der Waals surface area contributed by atoms with E-state index < -0.39 is 6.09 Å². The number of hydrogen-bond donors (Lipinski definition) is 0. The fourth-order valence-electron chi connectivity index (χ4n) is 2.05. The molecule has 2 heterocycles. The number of amides is 1. The predicted molar refractivity (Wildman–Crippen MR) is 87.0 cm³/mol. The molecule has 0 N–H and O–H groups in total. The monoisotopic (exact) mass is 374 g/mol. The topological polar surface area (TPSA) is 69.5 Å². The smallest absolute Gasteiger partial charge is 0.428 e. The fourth-order valence-corrected chi connectivity index (χ4v) is 3.26. The Morgan fingerprint density at radius 2 is 2.22 bits per heavy atom. The first kappa shape index (κ1) is 16.2. The van der Waals surface area contributed by atoms with Gasteiger partial charge in [-0.1, -0.05) is 35.0 Å². The molecule has 0 saturated heterocycles. The third-order valence-electron chi connectivity index (χ3n) is 3.09. The second-order valence-electron chi connectivity index (χ2n) is 4.52.